The van der Waals surface area contributed by atoms with Gasteiger partial charge >= 0.3 is 6.36 Å². The average Bonchev–Trinajstić information content (AvgIpc) is 2.47. The number of hydrogen-bond acceptors (Lipinski definition) is 5. The summed E-state index contributed by atoms with van der Waals surface area (Å²) in [5.74, 6) is 0.247. The molecule has 0 amide bonds. The van der Waals surface area contributed by atoms with Crippen LogP contribution in [0.2, 0.25) is 0 Å². The molecule has 0 atom stereocenters. The Labute approximate surface area is 132 Å². The normalized spacial score (nSPS) is 11.6. The van der Waals surface area contributed by atoms with Gasteiger partial charge in [-0.15, -0.1) is 13.2 Å². The standard InChI is InChI=1S/C15H17F3N4O/c1-22(2)8-7-19-14-20-9-12(10-21-14)11-3-5-13(6-4-11)23-15(16,17)18/h3-6,9-10H,7-8H2,1-2H3,(H,19,20,21). The number of hydrogen-bond donors (Lipinski definition) is 1. The van der Waals surface area contributed by atoms with Gasteiger partial charge in [0.2, 0.25) is 5.95 Å². The number of halogens is 3. The predicted molar refractivity (Wildman–Crippen MR) is 81.2 cm³/mol. The highest BCUT2D eigenvalue weighted by atomic mass is 19.4. The highest BCUT2D eigenvalue weighted by Crippen LogP contribution is 2.26. The predicted octanol–water partition coefficient (Wildman–Crippen LogP) is 3.02. The van der Waals surface area contributed by atoms with Gasteiger partial charge in [-0.3, -0.25) is 0 Å². The van der Waals surface area contributed by atoms with E-state index in [4.69, 9.17) is 0 Å². The van der Waals surface area contributed by atoms with E-state index in [1.54, 1.807) is 12.4 Å². The lowest BCUT2D eigenvalue weighted by Crippen LogP contribution is -2.21. The molecule has 124 valence electrons. The van der Waals surface area contributed by atoms with Crippen molar-refractivity contribution in [3.63, 3.8) is 0 Å². The monoisotopic (exact) mass is 326 g/mol. The zero-order valence-corrected chi connectivity index (χ0v) is 12.8. The molecule has 0 saturated heterocycles. The Balaban J connectivity index is 1.99. The van der Waals surface area contributed by atoms with E-state index in [0.29, 0.717) is 17.1 Å². The molecule has 1 heterocycles. The van der Waals surface area contributed by atoms with Crippen LogP contribution in [0, 0.1) is 0 Å². The van der Waals surface area contributed by atoms with Gasteiger partial charge in [0.25, 0.3) is 0 Å². The minimum atomic E-state index is -4.69. The van der Waals surface area contributed by atoms with Crippen LogP contribution in [0.3, 0.4) is 0 Å². The first kappa shape index (κ1) is 17.0. The van der Waals surface area contributed by atoms with Crippen LogP contribution in [0.15, 0.2) is 36.7 Å². The summed E-state index contributed by atoms with van der Waals surface area (Å²) >= 11 is 0. The molecule has 0 fully saturated rings. The lowest BCUT2D eigenvalue weighted by molar-refractivity contribution is -0.274. The lowest BCUT2D eigenvalue weighted by Gasteiger charge is -2.11. The first-order valence-electron chi connectivity index (χ1n) is 6.90. The highest BCUT2D eigenvalue weighted by Gasteiger charge is 2.30. The summed E-state index contributed by atoms with van der Waals surface area (Å²) in [6.07, 6.45) is -1.46. The van der Waals surface area contributed by atoms with Crippen molar-refractivity contribution in [1.82, 2.24) is 14.9 Å². The SMILES string of the molecule is CN(C)CCNc1ncc(-c2ccc(OC(F)(F)F)cc2)cn1. The number of likely N-dealkylation sites (N-methyl/N-ethyl adjacent to an activating group) is 1. The maximum absolute atomic E-state index is 12.1. The van der Waals surface area contributed by atoms with E-state index < -0.39 is 6.36 Å². The fourth-order valence-corrected chi connectivity index (χ4v) is 1.81. The fraction of sp³-hybridized carbons (Fsp3) is 0.333. The largest absolute Gasteiger partial charge is 0.573 e. The van der Waals surface area contributed by atoms with Gasteiger partial charge in [-0.2, -0.15) is 0 Å². The van der Waals surface area contributed by atoms with Gasteiger partial charge in [0, 0.05) is 31.0 Å². The molecule has 0 spiro atoms. The first-order valence-corrected chi connectivity index (χ1v) is 6.90. The van der Waals surface area contributed by atoms with Gasteiger partial charge in [0.1, 0.15) is 5.75 Å². The smallest absolute Gasteiger partial charge is 0.406 e. The topological polar surface area (TPSA) is 50.3 Å². The Morgan fingerprint density at radius 3 is 2.17 bits per heavy atom. The van der Waals surface area contributed by atoms with Crippen molar-refractivity contribution in [2.75, 3.05) is 32.5 Å². The van der Waals surface area contributed by atoms with Crippen molar-refractivity contribution in [2.24, 2.45) is 0 Å². The van der Waals surface area contributed by atoms with Gasteiger partial charge in [-0.25, -0.2) is 9.97 Å². The number of rotatable bonds is 6. The minimum Gasteiger partial charge on any atom is -0.406 e. The molecule has 0 unspecified atom stereocenters. The maximum Gasteiger partial charge on any atom is 0.573 e. The summed E-state index contributed by atoms with van der Waals surface area (Å²) in [6.45, 7) is 1.57. The molecule has 0 aliphatic carbocycles. The Kier molecular flexibility index (Phi) is 5.38. The van der Waals surface area contributed by atoms with Gasteiger partial charge in [0.05, 0.1) is 0 Å². The number of benzene rings is 1. The average molecular weight is 326 g/mol. The van der Waals surface area contributed by atoms with Crippen LogP contribution in [0.5, 0.6) is 5.75 Å². The van der Waals surface area contributed by atoms with Crippen LogP contribution in [0.25, 0.3) is 11.1 Å². The molecule has 0 radical (unpaired) electrons. The molecule has 8 heteroatoms. The summed E-state index contributed by atoms with van der Waals surface area (Å²) in [5.41, 5.74) is 1.42. The van der Waals surface area contributed by atoms with Crippen LogP contribution >= 0.6 is 0 Å². The Morgan fingerprint density at radius 1 is 1.04 bits per heavy atom. The summed E-state index contributed by atoms with van der Waals surface area (Å²) in [4.78, 5) is 10.4. The fourth-order valence-electron chi connectivity index (χ4n) is 1.81. The van der Waals surface area contributed by atoms with E-state index in [1.165, 1.54) is 24.3 Å². The maximum atomic E-state index is 12.1. The van der Waals surface area contributed by atoms with Crippen molar-refractivity contribution in [2.45, 2.75) is 6.36 Å². The first-order chi connectivity index (χ1) is 10.8. The molecule has 2 rings (SSSR count). The third-order valence-corrected chi connectivity index (χ3v) is 2.92. The van der Waals surface area contributed by atoms with Gasteiger partial charge in [-0.05, 0) is 31.8 Å². The number of nitrogens with one attached hydrogen (secondary N) is 1. The molecular formula is C15H17F3N4O. The molecule has 5 nitrogen and oxygen atoms in total. The second-order valence-corrected chi connectivity index (χ2v) is 5.10. The molecule has 0 aliphatic heterocycles. The van der Waals surface area contributed by atoms with Crippen LogP contribution in [0.4, 0.5) is 19.1 Å². The molecule has 1 N–H and O–H groups in total. The van der Waals surface area contributed by atoms with Gasteiger partial charge in [-0.1, -0.05) is 12.1 Å². The summed E-state index contributed by atoms with van der Waals surface area (Å²) in [6, 6.07) is 5.57. The number of anilines is 1. The molecule has 23 heavy (non-hydrogen) atoms. The van der Waals surface area contributed by atoms with Crippen molar-refractivity contribution < 1.29 is 17.9 Å². The molecular weight excluding hydrogens is 309 g/mol. The summed E-state index contributed by atoms with van der Waals surface area (Å²) in [7, 11) is 3.94. The lowest BCUT2D eigenvalue weighted by atomic mass is 10.1. The highest BCUT2D eigenvalue weighted by molar-refractivity contribution is 5.62. The van der Waals surface area contributed by atoms with Gasteiger partial charge in [0.15, 0.2) is 0 Å². The summed E-state index contributed by atoms with van der Waals surface area (Å²) < 4.78 is 40.2. The number of alkyl halides is 3. The quantitative estimate of drug-likeness (QED) is 0.884. The van der Waals surface area contributed by atoms with E-state index in [0.717, 1.165) is 13.1 Å². The van der Waals surface area contributed by atoms with E-state index in [-0.39, 0.29) is 5.75 Å². The number of ether oxygens (including phenoxy) is 1. The van der Waals surface area contributed by atoms with Crippen molar-refractivity contribution in [3.05, 3.63) is 36.7 Å². The summed E-state index contributed by atoms with van der Waals surface area (Å²) in [5, 5.41) is 3.08. The minimum absolute atomic E-state index is 0.260. The third-order valence-electron chi connectivity index (χ3n) is 2.92. The Bertz CT molecular complexity index is 612. The van der Waals surface area contributed by atoms with Crippen molar-refractivity contribution in [1.29, 1.82) is 0 Å². The van der Waals surface area contributed by atoms with Crippen LogP contribution in [-0.2, 0) is 0 Å². The van der Waals surface area contributed by atoms with Crippen LogP contribution in [0.1, 0.15) is 0 Å². The molecule has 1 aromatic carbocycles. The second kappa shape index (κ2) is 7.28. The van der Waals surface area contributed by atoms with E-state index >= 15 is 0 Å². The van der Waals surface area contributed by atoms with E-state index in [9.17, 15) is 13.2 Å². The molecule has 1 aromatic heterocycles. The zero-order chi connectivity index (χ0) is 16.9. The molecule has 2 aromatic rings. The molecule has 0 aliphatic rings. The number of nitrogens with zero attached hydrogens (tertiary/aromatic N) is 3. The molecule has 0 saturated carbocycles. The second-order valence-electron chi connectivity index (χ2n) is 5.10. The zero-order valence-electron chi connectivity index (χ0n) is 12.8. The number of aromatic nitrogens is 2. The molecule has 0 bridgehead atoms. The van der Waals surface area contributed by atoms with Crippen LogP contribution < -0.4 is 10.1 Å². The van der Waals surface area contributed by atoms with Crippen LogP contribution in [-0.4, -0.2) is 48.4 Å². The third kappa shape index (κ3) is 5.74. The van der Waals surface area contributed by atoms with Crippen molar-refractivity contribution in [3.8, 4) is 16.9 Å². The van der Waals surface area contributed by atoms with E-state index in [1.807, 2.05) is 19.0 Å². The van der Waals surface area contributed by atoms with Crippen molar-refractivity contribution >= 4 is 5.95 Å². The van der Waals surface area contributed by atoms with E-state index in [2.05, 4.69) is 20.0 Å². The Morgan fingerprint density at radius 2 is 1.65 bits per heavy atom. The van der Waals surface area contributed by atoms with Gasteiger partial charge < -0.3 is 15.0 Å². The Hall–Kier alpha value is -2.35.